The van der Waals surface area contributed by atoms with E-state index in [0.717, 1.165) is 34.3 Å². The van der Waals surface area contributed by atoms with Gasteiger partial charge in [-0.05, 0) is 31.1 Å². The van der Waals surface area contributed by atoms with Crippen LogP contribution >= 0.6 is 0 Å². The van der Waals surface area contributed by atoms with Crippen molar-refractivity contribution in [1.29, 1.82) is 0 Å². The molecule has 3 heteroatoms. The molecule has 0 saturated carbocycles. The van der Waals surface area contributed by atoms with Gasteiger partial charge in [0.05, 0.1) is 11.4 Å². The molecular weight excluding hydrogens is 270 g/mol. The minimum absolute atomic E-state index is 0.544. The van der Waals surface area contributed by atoms with Crippen molar-refractivity contribution in [3.05, 3.63) is 60.3 Å². The largest absolute Gasteiger partial charge is 0.398 e. The Labute approximate surface area is 132 Å². The summed E-state index contributed by atoms with van der Waals surface area (Å²) >= 11 is 0. The highest BCUT2D eigenvalue weighted by Gasteiger charge is 2.02. The number of fused-ring (bicyclic) bond motifs is 1. The third-order valence-corrected chi connectivity index (χ3v) is 3.74. The van der Waals surface area contributed by atoms with Crippen molar-refractivity contribution >= 4 is 22.1 Å². The molecule has 0 saturated heterocycles. The highest BCUT2D eigenvalue weighted by molar-refractivity contribution is 5.99. The van der Waals surface area contributed by atoms with Gasteiger partial charge in [-0.25, -0.2) is 0 Å². The van der Waals surface area contributed by atoms with Crippen molar-refractivity contribution < 1.29 is 0 Å². The first-order chi connectivity index (χ1) is 10.7. The van der Waals surface area contributed by atoms with Crippen molar-refractivity contribution in [2.45, 2.75) is 27.2 Å². The summed E-state index contributed by atoms with van der Waals surface area (Å²) in [4.78, 5) is 0. The SMILES string of the molecule is C/C=C(\C=C/C(C)CC)/N=N/c1ccc(N)c2ccccc12. The van der Waals surface area contributed by atoms with E-state index in [0.29, 0.717) is 5.92 Å². The number of azo groups is 1. The molecule has 0 aliphatic carbocycles. The summed E-state index contributed by atoms with van der Waals surface area (Å²) in [7, 11) is 0. The monoisotopic (exact) mass is 293 g/mol. The van der Waals surface area contributed by atoms with Gasteiger partial charge in [0, 0.05) is 16.5 Å². The molecule has 2 N–H and O–H groups in total. The van der Waals surface area contributed by atoms with E-state index in [2.05, 4.69) is 30.2 Å². The Balaban J connectivity index is 2.30. The topological polar surface area (TPSA) is 50.7 Å². The Morgan fingerprint density at radius 3 is 2.59 bits per heavy atom. The highest BCUT2D eigenvalue weighted by Crippen LogP contribution is 2.30. The molecule has 0 bridgehead atoms. The first-order valence-corrected chi connectivity index (χ1v) is 7.69. The lowest BCUT2D eigenvalue weighted by Crippen LogP contribution is -1.86. The van der Waals surface area contributed by atoms with E-state index in [-0.39, 0.29) is 0 Å². The fraction of sp³-hybridized carbons (Fsp3) is 0.263. The molecule has 2 rings (SSSR count). The summed E-state index contributed by atoms with van der Waals surface area (Å²) in [6.45, 7) is 6.33. The lowest BCUT2D eigenvalue weighted by molar-refractivity contribution is 0.697. The fourth-order valence-electron chi connectivity index (χ4n) is 2.09. The average molecular weight is 293 g/mol. The number of nitrogens with two attached hydrogens (primary N) is 1. The van der Waals surface area contributed by atoms with Crippen LogP contribution in [0.3, 0.4) is 0 Å². The van der Waals surface area contributed by atoms with Crippen LogP contribution in [0.5, 0.6) is 0 Å². The molecule has 0 aliphatic rings. The third-order valence-electron chi connectivity index (χ3n) is 3.74. The van der Waals surface area contributed by atoms with E-state index in [1.165, 1.54) is 0 Å². The molecular formula is C19H23N3. The quantitative estimate of drug-likeness (QED) is 0.409. The molecule has 114 valence electrons. The normalized spacial score (nSPS) is 14.2. The van der Waals surface area contributed by atoms with Gasteiger partial charge in [0.15, 0.2) is 0 Å². The molecule has 0 spiro atoms. The van der Waals surface area contributed by atoms with Crippen LogP contribution in [0.25, 0.3) is 10.8 Å². The van der Waals surface area contributed by atoms with E-state index in [4.69, 9.17) is 5.73 Å². The van der Waals surface area contributed by atoms with Crippen LogP contribution in [0.2, 0.25) is 0 Å². The summed E-state index contributed by atoms with van der Waals surface area (Å²) < 4.78 is 0. The molecule has 0 radical (unpaired) electrons. The van der Waals surface area contributed by atoms with Crippen LogP contribution in [-0.4, -0.2) is 0 Å². The Bertz CT molecular complexity index is 727. The zero-order valence-corrected chi connectivity index (χ0v) is 13.5. The molecule has 0 aliphatic heterocycles. The lowest BCUT2D eigenvalue weighted by atomic mass is 10.1. The van der Waals surface area contributed by atoms with Crippen molar-refractivity contribution in [3.63, 3.8) is 0 Å². The predicted octanol–water partition coefficient (Wildman–Crippen LogP) is 6.01. The number of benzene rings is 2. The maximum Gasteiger partial charge on any atom is 0.0936 e. The van der Waals surface area contributed by atoms with Gasteiger partial charge in [0.1, 0.15) is 0 Å². The Morgan fingerprint density at radius 2 is 1.91 bits per heavy atom. The Kier molecular flexibility index (Phi) is 5.48. The second kappa shape index (κ2) is 7.55. The number of rotatable bonds is 5. The summed E-state index contributed by atoms with van der Waals surface area (Å²) in [5.41, 5.74) is 8.47. The second-order valence-corrected chi connectivity index (χ2v) is 5.38. The van der Waals surface area contributed by atoms with Gasteiger partial charge in [-0.2, -0.15) is 5.11 Å². The molecule has 0 heterocycles. The van der Waals surface area contributed by atoms with E-state index >= 15 is 0 Å². The molecule has 0 aromatic heterocycles. The Morgan fingerprint density at radius 1 is 1.18 bits per heavy atom. The summed E-state index contributed by atoms with van der Waals surface area (Å²) in [5.74, 6) is 0.544. The van der Waals surface area contributed by atoms with Crippen LogP contribution < -0.4 is 5.73 Å². The van der Waals surface area contributed by atoms with Gasteiger partial charge in [0.2, 0.25) is 0 Å². The zero-order chi connectivity index (χ0) is 15.9. The molecule has 2 aromatic rings. The van der Waals surface area contributed by atoms with Gasteiger partial charge in [0.25, 0.3) is 0 Å². The van der Waals surface area contributed by atoms with Gasteiger partial charge < -0.3 is 5.73 Å². The van der Waals surface area contributed by atoms with Gasteiger partial charge in [-0.15, -0.1) is 5.11 Å². The first-order valence-electron chi connectivity index (χ1n) is 7.69. The molecule has 3 nitrogen and oxygen atoms in total. The lowest BCUT2D eigenvalue weighted by Gasteiger charge is -2.04. The molecule has 0 amide bonds. The van der Waals surface area contributed by atoms with Crippen LogP contribution in [0.4, 0.5) is 11.4 Å². The van der Waals surface area contributed by atoms with Gasteiger partial charge in [-0.1, -0.05) is 56.7 Å². The van der Waals surface area contributed by atoms with Gasteiger partial charge >= 0.3 is 0 Å². The average Bonchev–Trinajstić information content (AvgIpc) is 2.56. The molecule has 2 aromatic carbocycles. The minimum atomic E-state index is 0.544. The highest BCUT2D eigenvalue weighted by atomic mass is 15.1. The van der Waals surface area contributed by atoms with E-state index in [9.17, 15) is 0 Å². The molecule has 0 fully saturated rings. The van der Waals surface area contributed by atoms with Gasteiger partial charge in [-0.3, -0.25) is 0 Å². The standard InChI is InChI=1S/C19H23N3/c1-4-14(3)10-11-15(5-2)21-22-19-13-12-18(20)16-8-6-7-9-17(16)19/h5-14H,4,20H2,1-3H3/b11-10-,15-5+,22-21+. The number of hydrogen-bond acceptors (Lipinski definition) is 3. The number of allylic oxidation sites excluding steroid dienone is 3. The summed E-state index contributed by atoms with van der Waals surface area (Å²) in [6, 6.07) is 11.8. The first kappa shape index (κ1) is 16.0. The van der Waals surface area contributed by atoms with Crippen molar-refractivity contribution in [3.8, 4) is 0 Å². The van der Waals surface area contributed by atoms with E-state index in [1.54, 1.807) is 0 Å². The number of nitrogen functional groups attached to an aromatic ring is 1. The zero-order valence-electron chi connectivity index (χ0n) is 13.5. The summed E-state index contributed by atoms with van der Waals surface area (Å²) in [5, 5.41) is 10.8. The van der Waals surface area contributed by atoms with Crippen molar-refractivity contribution in [2.75, 3.05) is 5.73 Å². The number of anilines is 1. The minimum Gasteiger partial charge on any atom is -0.398 e. The van der Waals surface area contributed by atoms with E-state index < -0.39 is 0 Å². The molecule has 22 heavy (non-hydrogen) atoms. The predicted molar refractivity (Wildman–Crippen MR) is 95.2 cm³/mol. The summed E-state index contributed by atoms with van der Waals surface area (Å²) in [6.07, 6.45) is 7.27. The third kappa shape index (κ3) is 3.82. The number of nitrogens with zero attached hydrogens (tertiary/aromatic N) is 2. The Hall–Kier alpha value is -2.42. The fourth-order valence-corrected chi connectivity index (χ4v) is 2.09. The van der Waals surface area contributed by atoms with Crippen LogP contribution in [-0.2, 0) is 0 Å². The van der Waals surface area contributed by atoms with Crippen molar-refractivity contribution in [1.82, 2.24) is 0 Å². The molecule has 1 atom stereocenters. The number of hydrogen-bond donors (Lipinski definition) is 1. The smallest absolute Gasteiger partial charge is 0.0936 e. The van der Waals surface area contributed by atoms with Crippen LogP contribution in [0.15, 0.2) is 70.6 Å². The molecule has 1 unspecified atom stereocenters. The van der Waals surface area contributed by atoms with Crippen molar-refractivity contribution in [2.24, 2.45) is 16.1 Å². The van der Waals surface area contributed by atoms with E-state index in [1.807, 2.05) is 55.5 Å². The second-order valence-electron chi connectivity index (χ2n) is 5.38. The maximum atomic E-state index is 6.01. The maximum absolute atomic E-state index is 6.01. The van der Waals surface area contributed by atoms with Crippen LogP contribution in [0, 0.1) is 5.92 Å². The van der Waals surface area contributed by atoms with Crippen LogP contribution in [0.1, 0.15) is 27.2 Å².